The lowest BCUT2D eigenvalue weighted by Crippen LogP contribution is -1.98. The summed E-state index contributed by atoms with van der Waals surface area (Å²) in [6, 6.07) is 36.3. The van der Waals surface area contributed by atoms with E-state index in [4.69, 9.17) is 25.2 Å². The third-order valence-corrected chi connectivity index (χ3v) is 7.48. The van der Waals surface area contributed by atoms with E-state index in [9.17, 15) is 20.5 Å². The number of pyridine rings is 2. The number of benzene rings is 5. The number of hydrogen-bond donors (Lipinski definition) is 2. The van der Waals surface area contributed by atoms with E-state index in [1.807, 2.05) is 36.4 Å². The zero-order valence-electron chi connectivity index (χ0n) is 26.6. The molecule has 12 nitrogen and oxygen atoms in total. The molecule has 51 heavy (non-hydrogen) atoms. The Labute approximate surface area is 290 Å². The number of nitrogens with zero attached hydrogens (tertiary/aromatic N) is 5. The van der Waals surface area contributed by atoms with Gasteiger partial charge in [-0.3, -0.25) is 20.1 Å². The van der Waals surface area contributed by atoms with Gasteiger partial charge in [0.05, 0.1) is 27.1 Å². The molecule has 0 saturated heterocycles. The molecule has 0 aliphatic rings. The van der Waals surface area contributed by atoms with Crippen LogP contribution < -0.4 is 19.9 Å². The normalized spacial score (nSPS) is 10.3. The number of rotatable bonds is 8. The standard InChI is InChI=1S/C23H15N3O4.C16H11N3O2/c24-14-17-12-20-21(13-23(17)29-15-16-4-2-1-3-5-16)25-11-10-22(20)30-19-8-6-18(7-9-19)26(27)28;17-9-10-7-13-14(8-15(10)20)19-6-5-16(13)21-12-3-1-11(18)2-4-12/h1-13H,15H2;1-8,20H,18H2. The molecule has 5 aromatic carbocycles. The summed E-state index contributed by atoms with van der Waals surface area (Å²) in [5.74, 6) is 2.46. The van der Waals surface area contributed by atoms with Crippen molar-refractivity contribution >= 4 is 33.2 Å². The van der Waals surface area contributed by atoms with Crippen LogP contribution in [0.15, 0.2) is 128 Å². The van der Waals surface area contributed by atoms with Gasteiger partial charge in [-0.2, -0.15) is 10.5 Å². The molecule has 7 rings (SSSR count). The van der Waals surface area contributed by atoms with Gasteiger partial charge in [0.1, 0.15) is 53.2 Å². The van der Waals surface area contributed by atoms with Crippen LogP contribution >= 0.6 is 0 Å². The number of non-ortho nitro benzene ring substituents is 1. The Bertz CT molecular complexity index is 2440. The average molecular weight is 675 g/mol. The molecule has 7 aromatic rings. The summed E-state index contributed by atoms with van der Waals surface area (Å²) < 4.78 is 17.5. The lowest BCUT2D eigenvalue weighted by atomic mass is 10.1. The lowest BCUT2D eigenvalue weighted by molar-refractivity contribution is -0.384. The topological polar surface area (TPSA) is 190 Å². The molecule has 2 aromatic heterocycles. The molecule has 0 unspecified atom stereocenters. The van der Waals surface area contributed by atoms with Gasteiger partial charge in [-0.1, -0.05) is 30.3 Å². The Morgan fingerprint density at radius 1 is 0.706 bits per heavy atom. The Hall–Kier alpha value is -7.70. The van der Waals surface area contributed by atoms with Gasteiger partial charge >= 0.3 is 0 Å². The quantitative estimate of drug-likeness (QED) is 0.0891. The van der Waals surface area contributed by atoms with Gasteiger partial charge in [-0.05, 0) is 66.2 Å². The van der Waals surface area contributed by atoms with Gasteiger partial charge in [0, 0.05) is 53.1 Å². The first kappa shape index (κ1) is 33.2. The number of aromatic nitrogens is 2. The van der Waals surface area contributed by atoms with Crippen molar-refractivity contribution in [3.63, 3.8) is 0 Å². The molecule has 0 saturated carbocycles. The first-order valence-corrected chi connectivity index (χ1v) is 15.3. The summed E-state index contributed by atoms with van der Waals surface area (Å²) in [6.07, 6.45) is 3.18. The van der Waals surface area contributed by atoms with E-state index in [-0.39, 0.29) is 17.0 Å². The maximum absolute atomic E-state index is 10.8. The van der Waals surface area contributed by atoms with Crippen LogP contribution in [0.25, 0.3) is 21.8 Å². The van der Waals surface area contributed by atoms with Gasteiger partial charge < -0.3 is 25.1 Å². The summed E-state index contributed by atoms with van der Waals surface area (Å²) in [5.41, 5.74) is 8.96. The van der Waals surface area contributed by atoms with Gasteiger partial charge in [0.2, 0.25) is 0 Å². The SMILES string of the molecule is N#Cc1cc2c(Oc3ccc(N)cc3)ccnc2cc1O.N#Cc1cc2c(Oc3ccc([N+](=O)[O-])cc3)ccnc2cc1OCc1ccccc1. The Kier molecular flexibility index (Phi) is 9.78. The first-order valence-electron chi connectivity index (χ1n) is 15.3. The van der Waals surface area contributed by atoms with Crippen LogP contribution in [0.5, 0.6) is 34.5 Å². The predicted octanol–water partition coefficient (Wildman–Crippen LogP) is 8.57. The number of nitrogen functional groups attached to an aromatic ring is 1. The molecule has 12 heteroatoms. The molecule has 0 radical (unpaired) electrons. The maximum Gasteiger partial charge on any atom is 0.269 e. The van der Waals surface area contributed by atoms with Gasteiger partial charge in [-0.15, -0.1) is 0 Å². The summed E-state index contributed by atoms with van der Waals surface area (Å²) in [7, 11) is 0. The highest BCUT2D eigenvalue weighted by atomic mass is 16.6. The third-order valence-electron chi connectivity index (χ3n) is 7.48. The zero-order chi connectivity index (χ0) is 35.7. The number of anilines is 1. The van der Waals surface area contributed by atoms with Crippen molar-refractivity contribution in [2.45, 2.75) is 6.61 Å². The molecule has 248 valence electrons. The molecular weight excluding hydrogens is 648 g/mol. The van der Waals surface area contributed by atoms with E-state index in [0.29, 0.717) is 68.4 Å². The van der Waals surface area contributed by atoms with E-state index in [2.05, 4.69) is 16.0 Å². The number of ether oxygens (including phenoxy) is 3. The first-order chi connectivity index (χ1) is 24.8. The largest absolute Gasteiger partial charge is 0.506 e. The van der Waals surface area contributed by atoms with Crippen LogP contribution in [0.1, 0.15) is 16.7 Å². The molecule has 0 aliphatic carbocycles. The van der Waals surface area contributed by atoms with Crippen molar-refractivity contribution in [2.75, 3.05) is 5.73 Å². The fourth-order valence-electron chi connectivity index (χ4n) is 4.94. The fourth-order valence-corrected chi connectivity index (χ4v) is 4.94. The van der Waals surface area contributed by atoms with Crippen LogP contribution in [0.3, 0.4) is 0 Å². The van der Waals surface area contributed by atoms with Crippen molar-refractivity contribution in [1.29, 1.82) is 10.5 Å². The second-order valence-corrected chi connectivity index (χ2v) is 10.9. The minimum atomic E-state index is -0.470. The molecule has 0 bridgehead atoms. The number of phenolic OH excluding ortho intramolecular Hbond substituents is 1. The van der Waals surface area contributed by atoms with E-state index in [0.717, 1.165) is 5.56 Å². The average Bonchev–Trinajstić information content (AvgIpc) is 3.15. The number of nitrogens with two attached hydrogens (primary N) is 1. The van der Waals surface area contributed by atoms with E-state index in [1.54, 1.807) is 67.0 Å². The lowest BCUT2D eigenvalue weighted by Gasteiger charge is -2.12. The number of hydrogen-bond acceptors (Lipinski definition) is 11. The second kappa shape index (κ2) is 15.0. The number of aromatic hydroxyl groups is 1. The molecule has 0 atom stereocenters. The molecule has 2 heterocycles. The summed E-state index contributed by atoms with van der Waals surface area (Å²) in [5, 5.41) is 40.4. The number of nitriles is 2. The summed E-state index contributed by atoms with van der Waals surface area (Å²) >= 11 is 0. The third kappa shape index (κ3) is 7.89. The van der Waals surface area contributed by atoms with Gasteiger partial charge in [0.15, 0.2) is 0 Å². The van der Waals surface area contributed by atoms with E-state index >= 15 is 0 Å². The van der Waals surface area contributed by atoms with Crippen LogP contribution in [0.2, 0.25) is 0 Å². The van der Waals surface area contributed by atoms with Crippen LogP contribution in [0, 0.1) is 32.8 Å². The summed E-state index contributed by atoms with van der Waals surface area (Å²) in [6.45, 7) is 0.333. The number of nitro groups is 1. The van der Waals surface area contributed by atoms with Gasteiger partial charge in [-0.25, -0.2) is 0 Å². The Balaban J connectivity index is 0.000000187. The van der Waals surface area contributed by atoms with E-state index < -0.39 is 4.92 Å². The minimum absolute atomic E-state index is 0.0195. The highest BCUT2D eigenvalue weighted by molar-refractivity contribution is 5.89. The zero-order valence-corrected chi connectivity index (χ0v) is 26.6. The van der Waals surface area contributed by atoms with Crippen LogP contribution in [-0.2, 0) is 6.61 Å². The monoisotopic (exact) mass is 674 g/mol. The molecule has 0 amide bonds. The van der Waals surface area contributed by atoms with Crippen molar-refractivity contribution in [3.8, 4) is 46.6 Å². The highest BCUT2D eigenvalue weighted by Gasteiger charge is 2.13. The molecule has 0 fully saturated rings. The van der Waals surface area contributed by atoms with Crippen molar-refractivity contribution in [2.24, 2.45) is 0 Å². The van der Waals surface area contributed by atoms with Gasteiger partial charge in [0.25, 0.3) is 5.69 Å². The molecular formula is C39H26N6O6. The minimum Gasteiger partial charge on any atom is -0.506 e. The number of fused-ring (bicyclic) bond motifs is 2. The van der Waals surface area contributed by atoms with Crippen molar-refractivity contribution < 1.29 is 24.2 Å². The fraction of sp³-hybridized carbons (Fsp3) is 0.0256. The Morgan fingerprint density at radius 2 is 1.25 bits per heavy atom. The smallest absolute Gasteiger partial charge is 0.269 e. The number of phenols is 1. The maximum atomic E-state index is 10.8. The second-order valence-electron chi connectivity index (χ2n) is 10.9. The summed E-state index contributed by atoms with van der Waals surface area (Å²) in [4.78, 5) is 18.9. The molecule has 0 spiro atoms. The van der Waals surface area contributed by atoms with Crippen molar-refractivity contribution in [1.82, 2.24) is 9.97 Å². The van der Waals surface area contributed by atoms with E-state index in [1.165, 1.54) is 30.3 Å². The Morgan fingerprint density at radius 3 is 1.82 bits per heavy atom. The number of nitro benzene ring substituents is 1. The molecule has 0 aliphatic heterocycles. The highest BCUT2D eigenvalue weighted by Crippen LogP contribution is 2.35. The predicted molar refractivity (Wildman–Crippen MR) is 189 cm³/mol. The van der Waals surface area contributed by atoms with Crippen LogP contribution in [-0.4, -0.2) is 20.0 Å². The van der Waals surface area contributed by atoms with Crippen molar-refractivity contribution in [3.05, 3.63) is 154 Å². The van der Waals surface area contributed by atoms with Crippen LogP contribution in [0.4, 0.5) is 11.4 Å². The molecule has 3 N–H and O–H groups in total.